The van der Waals surface area contributed by atoms with Crippen molar-refractivity contribution in [3.8, 4) is 0 Å². The molecule has 1 aromatic carbocycles. The van der Waals surface area contributed by atoms with Crippen LogP contribution in [-0.2, 0) is 13.0 Å². The van der Waals surface area contributed by atoms with E-state index in [0.717, 1.165) is 13.0 Å². The van der Waals surface area contributed by atoms with Crippen molar-refractivity contribution in [1.82, 2.24) is 15.6 Å². The van der Waals surface area contributed by atoms with Crippen LogP contribution in [-0.4, -0.2) is 34.7 Å². The highest BCUT2D eigenvalue weighted by Crippen LogP contribution is 2.17. The molecule has 5 nitrogen and oxygen atoms in total. The van der Waals surface area contributed by atoms with Gasteiger partial charge in [-0.3, -0.25) is 9.78 Å². The second-order valence-electron chi connectivity index (χ2n) is 5.48. The third-order valence-electron chi connectivity index (χ3n) is 3.97. The van der Waals surface area contributed by atoms with E-state index in [-0.39, 0.29) is 18.5 Å². The lowest BCUT2D eigenvalue weighted by Gasteiger charge is -2.30. The maximum atomic E-state index is 11.9. The first kappa shape index (κ1) is 14.7. The minimum absolute atomic E-state index is 0.0518. The Morgan fingerprint density at radius 3 is 2.91 bits per heavy atom. The number of nitrogens with zero attached hydrogens (tertiary/aromatic N) is 1. The van der Waals surface area contributed by atoms with Crippen LogP contribution in [0, 0.1) is 0 Å². The van der Waals surface area contributed by atoms with Gasteiger partial charge in [-0.25, -0.2) is 0 Å². The molecule has 0 saturated carbocycles. The summed E-state index contributed by atoms with van der Waals surface area (Å²) in [5.41, 5.74) is 3.02. The lowest BCUT2D eigenvalue weighted by atomic mass is 9.93. The van der Waals surface area contributed by atoms with E-state index < -0.39 is 6.10 Å². The fourth-order valence-electron chi connectivity index (χ4n) is 2.69. The summed E-state index contributed by atoms with van der Waals surface area (Å²) in [6, 6.07) is 11.6. The molecule has 5 heteroatoms. The number of carbonyl (C=O) groups excluding carboxylic acids is 1. The van der Waals surface area contributed by atoms with Crippen molar-refractivity contribution in [2.24, 2.45) is 0 Å². The van der Waals surface area contributed by atoms with Crippen LogP contribution >= 0.6 is 0 Å². The minimum atomic E-state index is -0.631. The van der Waals surface area contributed by atoms with E-state index >= 15 is 0 Å². The maximum Gasteiger partial charge on any atom is 0.252 e. The fraction of sp³-hybridized carbons (Fsp3) is 0.294. The third-order valence-corrected chi connectivity index (χ3v) is 3.97. The number of benzene rings is 1. The predicted octanol–water partition coefficient (Wildman–Crippen LogP) is 0.887. The number of carbonyl (C=O) groups is 1. The van der Waals surface area contributed by atoms with Crippen LogP contribution in [0.2, 0.25) is 0 Å². The van der Waals surface area contributed by atoms with Gasteiger partial charge < -0.3 is 15.7 Å². The lowest BCUT2D eigenvalue weighted by Crippen LogP contribution is -2.49. The predicted molar refractivity (Wildman–Crippen MR) is 83.4 cm³/mol. The highest BCUT2D eigenvalue weighted by Gasteiger charge is 2.24. The molecule has 2 aromatic rings. The zero-order valence-corrected chi connectivity index (χ0v) is 12.2. The van der Waals surface area contributed by atoms with Gasteiger partial charge in [-0.1, -0.05) is 24.3 Å². The van der Waals surface area contributed by atoms with Gasteiger partial charge in [0.15, 0.2) is 0 Å². The number of aromatic nitrogens is 1. The number of aliphatic hydroxyl groups is 1. The fourth-order valence-corrected chi connectivity index (χ4v) is 2.69. The highest BCUT2D eigenvalue weighted by atomic mass is 16.3. The van der Waals surface area contributed by atoms with Gasteiger partial charge in [0.05, 0.1) is 11.7 Å². The van der Waals surface area contributed by atoms with Gasteiger partial charge in [-0.15, -0.1) is 0 Å². The number of pyridine rings is 1. The molecule has 0 radical (unpaired) electrons. The van der Waals surface area contributed by atoms with Crippen LogP contribution < -0.4 is 10.6 Å². The Bertz CT molecular complexity index is 645. The molecule has 0 aliphatic carbocycles. The second-order valence-corrected chi connectivity index (χ2v) is 5.48. The topological polar surface area (TPSA) is 74.2 Å². The number of nitrogens with one attached hydrogen (secondary N) is 2. The quantitative estimate of drug-likeness (QED) is 0.783. The molecular weight excluding hydrogens is 278 g/mol. The normalized spacial score (nSPS) is 18.3. The first-order valence-corrected chi connectivity index (χ1v) is 7.40. The van der Waals surface area contributed by atoms with Crippen molar-refractivity contribution in [1.29, 1.82) is 0 Å². The van der Waals surface area contributed by atoms with E-state index in [9.17, 15) is 9.90 Å². The Morgan fingerprint density at radius 2 is 2.14 bits per heavy atom. The Labute approximate surface area is 129 Å². The van der Waals surface area contributed by atoms with Gasteiger partial charge in [0.25, 0.3) is 5.91 Å². The van der Waals surface area contributed by atoms with Gasteiger partial charge in [0.1, 0.15) is 0 Å². The standard InChI is InChI=1S/C17H19N3O2/c21-16(11-20-17(22)14-6-3-7-18-9-14)15-8-12-4-1-2-5-13(12)10-19-15/h1-7,9,15-16,19,21H,8,10-11H2,(H,20,22)/t15-,16?/m0/s1. The molecule has 0 fully saturated rings. The molecule has 3 N–H and O–H groups in total. The number of amides is 1. The summed E-state index contributed by atoms with van der Waals surface area (Å²) in [4.78, 5) is 15.9. The third kappa shape index (κ3) is 3.32. The first-order chi connectivity index (χ1) is 10.7. The summed E-state index contributed by atoms with van der Waals surface area (Å²) in [6.07, 6.45) is 3.26. The van der Waals surface area contributed by atoms with Crippen LogP contribution in [0.25, 0.3) is 0 Å². The van der Waals surface area contributed by atoms with Crippen molar-refractivity contribution in [3.63, 3.8) is 0 Å². The van der Waals surface area contributed by atoms with E-state index in [1.165, 1.54) is 17.3 Å². The van der Waals surface area contributed by atoms with Gasteiger partial charge in [0, 0.05) is 31.5 Å². The molecule has 3 rings (SSSR count). The van der Waals surface area contributed by atoms with Crippen molar-refractivity contribution in [3.05, 3.63) is 65.5 Å². The number of hydrogen-bond donors (Lipinski definition) is 3. The lowest BCUT2D eigenvalue weighted by molar-refractivity contribution is 0.0869. The maximum absolute atomic E-state index is 11.9. The van der Waals surface area contributed by atoms with Crippen LogP contribution in [0.15, 0.2) is 48.8 Å². The van der Waals surface area contributed by atoms with Crippen LogP contribution in [0.3, 0.4) is 0 Å². The zero-order chi connectivity index (χ0) is 15.4. The second kappa shape index (κ2) is 6.68. The number of fused-ring (bicyclic) bond motifs is 1. The summed E-state index contributed by atoms with van der Waals surface area (Å²) < 4.78 is 0. The largest absolute Gasteiger partial charge is 0.390 e. The Hall–Kier alpha value is -2.24. The molecule has 0 saturated heterocycles. The van der Waals surface area contributed by atoms with Gasteiger partial charge in [-0.05, 0) is 29.7 Å². The SMILES string of the molecule is O=C(NCC(O)[C@@H]1Cc2ccccc2CN1)c1cccnc1. The number of aliphatic hydroxyl groups excluding tert-OH is 1. The van der Waals surface area contributed by atoms with E-state index in [2.05, 4.69) is 27.8 Å². The summed E-state index contributed by atoms with van der Waals surface area (Å²) in [5.74, 6) is -0.219. The van der Waals surface area contributed by atoms with Gasteiger partial charge >= 0.3 is 0 Å². The smallest absolute Gasteiger partial charge is 0.252 e. The van der Waals surface area contributed by atoms with Crippen molar-refractivity contribution in [2.75, 3.05) is 6.54 Å². The Kier molecular flexibility index (Phi) is 4.46. The molecule has 1 aliphatic heterocycles. The monoisotopic (exact) mass is 297 g/mol. The van der Waals surface area contributed by atoms with Crippen LogP contribution in [0.1, 0.15) is 21.5 Å². The van der Waals surface area contributed by atoms with Crippen LogP contribution in [0.5, 0.6) is 0 Å². The molecule has 1 amide bonds. The molecular formula is C17H19N3O2. The molecule has 114 valence electrons. The summed E-state index contributed by atoms with van der Waals surface area (Å²) >= 11 is 0. The Morgan fingerprint density at radius 1 is 1.32 bits per heavy atom. The molecule has 22 heavy (non-hydrogen) atoms. The van der Waals surface area contributed by atoms with E-state index in [4.69, 9.17) is 0 Å². The average molecular weight is 297 g/mol. The van der Waals surface area contributed by atoms with Crippen molar-refractivity contribution >= 4 is 5.91 Å². The molecule has 0 spiro atoms. The Balaban J connectivity index is 1.55. The van der Waals surface area contributed by atoms with E-state index in [1.807, 2.05) is 12.1 Å². The molecule has 1 aliphatic rings. The van der Waals surface area contributed by atoms with Gasteiger partial charge in [0.2, 0.25) is 0 Å². The van der Waals surface area contributed by atoms with Crippen molar-refractivity contribution < 1.29 is 9.90 Å². The summed E-state index contributed by atoms with van der Waals surface area (Å²) in [5, 5.41) is 16.4. The first-order valence-electron chi connectivity index (χ1n) is 7.40. The molecule has 1 unspecified atom stereocenters. The zero-order valence-electron chi connectivity index (χ0n) is 12.2. The minimum Gasteiger partial charge on any atom is -0.390 e. The molecule has 1 aromatic heterocycles. The summed E-state index contributed by atoms with van der Waals surface area (Å²) in [6.45, 7) is 0.960. The van der Waals surface area contributed by atoms with Gasteiger partial charge in [-0.2, -0.15) is 0 Å². The molecule has 0 bridgehead atoms. The summed E-state index contributed by atoms with van der Waals surface area (Å²) in [7, 11) is 0. The van der Waals surface area contributed by atoms with E-state index in [1.54, 1.807) is 18.3 Å². The average Bonchev–Trinajstić information content (AvgIpc) is 2.59. The molecule has 2 atom stereocenters. The molecule has 2 heterocycles. The van der Waals surface area contributed by atoms with E-state index in [0.29, 0.717) is 5.56 Å². The highest BCUT2D eigenvalue weighted by molar-refractivity contribution is 5.93. The number of rotatable bonds is 4. The van der Waals surface area contributed by atoms with Crippen molar-refractivity contribution in [2.45, 2.75) is 25.1 Å². The number of hydrogen-bond acceptors (Lipinski definition) is 4. The van der Waals surface area contributed by atoms with Crippen LogP contribution in [0.4, 0.5) is 0 Å².